The second-order valence-electron chi connectivity index (χ2n) is 5.49. The maximum absolute atomic E-state index is 2.38. The smallest absolute Gasteiger partial charge is 0.0787 e. The Labute approximate surface area is 83.7 Å². The van der Waals surface area contributed by atoms with Gasteiger partial charge in [0.05, 0.1) is 27.2 Å². The van der Waals surface area contributed by atoms with Gasteiger partial charge in [-0.2, -0.15) is 0 Å². The van der Waals surface area contributed by atoms with E-state index in [0.29, 0.717) is 5.41 Å². The van der Waals surface area contributed by atoms with Crippen molar-refractivity contribution in [3.8, 4) is 0 Å². The third kappa shape index (κ3) is 2.70. The van der Waals surface area contributed by atoms with Crippen LogP contribution in [0.2, 0.25) is 0 Å². The summed E-state index contributed by atoms with van der Waals surface area (Å²) >= 11 is 0. The summed E-state index contributed by atoms with van der Waals surface area (Å²) < 4.78 is 1.24. The molecule has 1 heterocycles. The topological polar surface area (TPSA) is 0 Å². The Morgan fingerprint density at radius 3 is 2.00 bits per heavy atom. The standard InChI is InChI=1S/C12H26N/c1-5-7-12(6-2)8-10-13(3,4)11-9-12/h5-11H2,1-4H3/q+1. The summed E-state index contributed by atoms with van der Waals surface area (Å²) in [6, 6.07) is 0. The molecule has 1 aliphatic heterocycles. The van der Waals surface area contributed by atoms with E-state index in [2.05, 4.69) is 27.9 Å². The van der Waals surface area contributed by atoms with Gasteiger partial charge in [0.15, 0.2) is 0 Å². The predicted molar refractivity (Wildman–Crippen MR) is 58.7 cm³/mol. The maximum Gasteiger partial charge on any atom is 0.0787 e. The highest BCUT2D eigenvalue weighted by Crippen LogP contribution is 2.40. The van der Waals surface area contributed by atoms with Crippen molar-refractivity contribution in [1.29, 1.82) is 0 Å². The molecule has 0 radical (unpaired) electrons. The summed E-state index contributed by atoms with van der Waals surface area (Å²) in [4.78, 5) is 0. The third-order valence-corrected chi connectivity index (χ3v) is 4.03. The molecule has 0 unspecified atom stereocenters. The molecule has 1 heteroatoms. The molecule has 0 atom stereocenters. The minimum absolute atomic E-state index is 0.711. The average Bonchev–Trinajstić information content (AvgIpc) is 2.10. The minimum atomic E-state index is 0.711. The van der Waals surface area contributed by atoms with E-state index in [1.165, 1.54) is 49.7 Å². The van der Waals surface area contributed by atoms with Gasteiger partial charge in [-0.1, -0.05) is 26.7 Å². The number of quaternary nitrogens is 1. The minimum Gasteiger partial charge on any atom is -0.328 e. The monoisotopic (exact) mass is 184 g/mol. The van der Waals surface area contributed by atoms with Gasteiger partial charge in [-0.3, -0.25) is 0 Å². The molecule has 1 aliphatic rings. The zero-order chi connectivity index (χ0) is 9.95. The molecule has 0 spiro atoms. The number of hydrogen-bond donors (Lipinski definition) is 0. The van der Waals surface area contributed by atoms with E-state index in [4.69, 9.17) is 0 Å². The Morgan fingerprint density at radius 2 is 1.62 bits per heavy atom. The van der Waals surface area contributed by atoms with Crippen LogP contribution in [0.15, 0.2) is 0 Å². The normalized spacial score (nSPS) is 25.8. The van der Waals surface area contributed by atoms with Gasteiger partial charge in [0.1, 0.15) is 0 Å². The number of likely N-dealkylation sites (tertiary alicyclic amines) is 1. The molecule has 0 N–H and O–H groups in total. The molecular formula is C12H26N+. The van der Waals surface area contributed by atoms with Crippen LogP contribution in [0.5, 0.6) is 0 Å². The lowest BCUT2D eigenvalue weighted by molar-refractivity contribution is -0.897. The van der Waals surface area contributed by atoms with Crippen LogP contribution in [0.3, 0.4) is 0 Å². The molecular weight excluding hydrogens is 158 g/mol. The fourth-order valence-corrected chi connectivity index (χ4v) is 2.63. The van der Waals surface area contributed by atoms with Crippen LogP contribution in [0, 0.1) is 5.41 Å². The quantitative estimate of drug-likeness (QED) is 0.591. The van der Waals surface area contributed by atoms with E-state index in [1.54, 1.807) is 0 Å². The van der Waals surface area contributed by atoms with E-state index in [9.17, 15) is 0 Å². The molecule has 0 aromatic rings. The highest BCUT2D eigenvalue weighted by atomic mass is 15.3. The summed E-state index contributed by atoms with van der Waals surface area (Å²) in [5.74, 6) is 0. The van der Waals surface area contributed by atoms with E-state index >= 15 is 0 Å². The van der Waals surface area contributed by atoms with E-state index in [1.807, 2.05) is 0 Å². The lowest BCUT2D eigenvalue weighted by Crippen LogP contribution is -2.49. The molecule has 0 bridgehead atoms. The molecule has 1 saturated heterocycles. The van der Waals surface area contributed by atoms with Crippen molar-refractivity contribution < 1.29 is 4.48 Å². The highest BCUT2D eigenvalue weighted by molar-refractivity contribution is 4.80. The lowest BCUT2D eigenvalue weighted by Gasteiger charge is -2.44. The molecule has 0 aromatic carbocycles. The summed E-state index contributed by atoms with van der Waals surface area (Å²) in [5, 5.41) is 0. The second kappa shape index (κ2) is 4.00. The van der Waals surface area contributed by atoms with Gasteiger partial charge in [-0.25, -0.2) is 0 Å². The van der Waals surface area contributed by atoms with Gasteiger partial charge >= 0.3 is 0 Å². The van der Waals surface area contributed by atoms with Gasteiger partial charge in [-0.15, -0.1) is 0 Å². The van der Waals surface area contributed by atoms with E-state index in [0.717, 1.165) is 0 Å². The Bertz CT molecular complexity index is 151. The summed E-state index contributed by atoms with van der Waals surface area (Å²) in [6.07, 6.45) is 7.10. The Kier molecular flexibility index (Phi) is 3.39. The molecule has 0 saturated carbocycles. The van der Waals surface area contributed by atoms with Crippen molar-refractivity contribution in [2.24, 2.45) is 5.41 Å². The van der Waals surface area contributed by atoms with Crippen molar-refractivity contribution in [1.82, 2.24) is 0 Å². The van der Waals surface area contributed by atoms with Crippen LogP contribution in [-0.4, -0.2) is 31.7 Å². The summed E-state index contributed by atoms with van der Waals surface area (Å²) in [7, 11) is 4.73. The third-order valence-electron chi connectivity index (χ3n) is 4.03. The number of piperidine rings is 1. The van der Waals surface area contributed by atoms with Gasteiger partial charge in [-0.05, 0) is 11.8 Å². The maximum atomic E-state index is 2.38. The van der Waals surface area contributed by atoms with Gasteiger partial charge < -0.3 is 4.48 Å². The fourth-order valence-electron chi connectivity index (χ4n) is 2.63. The molecule has 1 rings (SSSR count). The molecule has 13 heavy (non-hydrogen) atoms. The first-order valence-corrected chi connectivity index (χ1v) is 5.86. The van der Waals surface area contributed by atoms with Crippen LogP contribution < -0.4 is 0 Å². The first-order chi connectivity index (χ1) is 6.04. The summed E-state index contributed by atoms with van der Waals surface area (Å²) in [5.41, 5.74) is 0.711. The zero-order valence-corrected chi connectivity index (χ0v) is 9.90. The molecule has 78 valence electrons. The van der Waals surface area contributed by atoms with Crippen LogP contribution >= 0.6 is 0 Å². The van der Waals surface area contributed by atoms with Crippen molar-refractivity contribution >= 4 is 0 Å². The Balaban J connectivity index is 2.52. The van der Waals surface area contributed by atoms with Gasteiger partial charge in [0.2, 0.25) is 0 Å². The summed E-state index contributed by atoms with van der Waals surface area (Å²) in [6.45, 7) is 7.47. The van der Waals surface area contributed by atoms with Crippen LogP contribution in [-0.2, 0) is 0 Å². The van der Waals surface area contributed by atoms with Crippen LogP contribution in [0.4, 0.5) is 0 Å². The van der Waals surface area contributed by atoms with E-state index in [-0.39, 0.29) is 0 Å². The van der Waals surface area contributed by atoms with Crippen molar-refractivity contribution in [3.05, 3.63) is 0 Å². The van der Waals surface area contributed by atoms with Gasteiger partial charge in [0.25, 0.3) is 0 Å². The molecule has 1 fully saturated rings. The first-order valence-electron chi connectivity index (χ1n) is 5.86. The molecule has 1 nitrogen and oxygen atoms in total. The van der Waals surface area contributed by atoms with Crippen molar-refractivity contribution in [3.63, 3.8) is 0 Å². The predicted octanol–water partition coefficient (Wildman–Crippen LogP) is 3.05. The van der Waals surface area contributed by atoms with Crippen LogP contribution in [0.1, 0.15) is 46.0 Å². The lowest BCUT2D eigenvalue weighted by atomic mass is 9.72. The van der Waals surface area contributed by atoms with Crippen molar-refractivity contribution in [2.45, 2.75) is 46.0 Å². The molecule has 0 amide bonds. The van der Waals surface area contributed by atoms with Gasteiger partial charge in [0, 0.05) is 12.8 Å². The number of hydrogen-bond acceptors (Lipinski definition) is 0. The fraction of sp³-hybridized carbons (Fsp3) is 1.00. The average molecular weight is 184 g/mol. The van der Waals surface area contributed by atoms with Crippen LogP contribution in [0.25, 0.3) is 0 Å². The van der Waals surface area contributed by atoms with Crippen molar-refractivity contribution in [2.75, 3.05) is 27.2 Å². The Hall–Kier alpha value is -0.0400. The Morgan fingerprint density at radius 1 is 1.08 bits per heavy atom. The first kappa shape index (κ1) is 11.0. The zero-order valence-electron chi connectivity index (χ0n) is 9.90. The van der Waals surface area contributed by atoms with E-state index < -0.39 is 0 Å². The highest BCUT2D eigenvalue weighted by Gasteiger charge is 2.36. The second-order valence-corrected chi connectivity index (χ2v) is 5.49. The number of rotatable bonds is 3. The molecule has 0 aromatic heterocycles. The molecule has 0 aliphatic carbocycles. The number of nitrogens with zero attached hydrogens (tertiary/aromatic N) is 1. The largest absolute Gasteiger partial charge is 0.328 e. The SMILES string of the molecule is CCCC1(CC)CC[N+](C)(C)CC1.